The molecular formula is C62H46N4. The molecule has 0 aliphatic carbocycles. The quantitative estimate of drug-likeness (QED) is 0.144. The maximum absolute atomic E-state index is 5.27. The highest BCUT2D eigenvalue weighted by Gasteiger charge is 2.33. The Morgan fingerprint density at radius 2 is 0.712 bits per heavy atom. The molecular weight excluding hydrogens is 801 g/mol. The summed E-state index contributed by atoms with van der Waals surface area (Å²) >= 11 is 0. The van der Waals surface area contributed by atoms with E-state index in [1.165, 1.54) is 27.8 Å². The third kappa shape index (κ3) is 8.09. The second kappa shape index (κ2) is 18.2. The van der Waals surface area contributed by atoms with Crippen molar-refractivity contribution >= 4 is 34.1 Å². The fourth-order valence-corrected chi connectivity index (χ4v) is 9.26. The number of allylic oxidation sites excluding steroid dienone is 2. The van der Waals surface area contributed by atoms with Crippen LogP contribution in [0.25, 0.3) is 44.7 Å². The number of benzene rings is 9. The molecule has 9 aromatic carbocycles. The van der Waals surface area contributed by atoms with Gasteiger partial charge in [-0.2, -0.15) is 0 Å². The Hall–Kier alpha value is -8.60. The molecule has 2 heterocycles. The Morgan fingerprint density at radius 3 is 1.30 bits per heavy atom. The Labute approximate surface area is 386 Å². The summed E-state index contributed by atoms with van der Waals surface area (Å²) in [7, 11) is 0. The van der Waals surface area contributed by atoms with E-state index in [2.05, 4.69) is 241 Å². The van der Waals surface area contributed by atoms with E-state index in [9.17, 15) is 0 Å². The Kier molecular flexibility index (Phi) is 11.1. The monoisotopic (exact) mass is 846 g/mol. The number of hydrogen-bond donors (Lipinski definition) is 2. The Balaban J connectivity index is 1.00. The molecule has 0 aromatic heterocycles. The fraction of sp³-hybridized carbons (Fsp3) is 0.0323. The number of rotatable bonds is 10. The molecule has 4 nitrogen and oxygen atoms in total. The van der Waals surface area contributed by atoms with Crippen molar-refractivity contribution in [3.63, 3.8) is 0 Å². The van der Waals surface area contributed by atoms with Gasteiger partial charge in [-0.05, 0) is 66.8 Å². The summed E-state index contributed by atoms with van der Waals surface area (Å²) in [5.41, 5.74) is 18.1. The van der Waals surface area contributed by atoms with E-state index in [1.807, 2.05) is 24.3 Å². The van der Waals surface area contributed by atoms with Gasteiger partial charge in [0.25, 0.3) is 0 Å². The predicted octanol–water partition coefficient (Wildman–Crippen LogP) is 14.3. The largest absolute Gasteiger partial charge is 0.373 e. The smallest absolute Gasteiger partial charge is 0.169 e. The highest BCUT2D eigenvalue weighted by atomic mass is 15.2. The maximum Gasteiger partial charge on any atom is 0.169 e. The van der Waals surface area contributed by atoms with Crippen LogP contribution in [0.5, 0.6) is 0 Å². The molecule has 0 radical (unpaired) electrons. The molecule has 2 unspecified atom stereocenters. The van der Waals surface area contributed by atoms with Crippen LogP contribution in [0.15, 0.2) is 265 Å². The average Bonchev–Trinajstić information content (AvgIpc) is 3.41. The van der Waals surface area contributed by atoms with E-state index in [-0.39, 0.29) is 6.04 Å². The van der Waals surface area contributed by atoms with E-state index in [0.717, 1.165) is 73.0 Å². The summed E-state index contributed by atoms with van der Waals surface area (Å²) < 4.78 is 0. The molecule has 2 aliphatic rings. The van der Waals surface area contributed by atoms with Crippen molar-refractivity contribution in [2.45, 2.75) is 12.2 Å². The highest BCUT2D eigenvalue weighted by molar-refractivity contribution is 6.24. The van der Waals surface area contributed by atoms with Gasteiger partial charge in [-0.15, -0.1) is 0 Å². The molecule has 0 saturated carbocycles. The lowest BCUT2D eigenvalue weighted by molar-refractivity contribution is 0.756. The lowest BCUT2D eigenvalue weighted by Gasteiger charge is -2.36. The minimum absolute atomic E-state index is 0.103. The first-order valence-electron chi connectivity index (χ1n) is 22.6. The first kappa shape index (κ1) is 40.2. The normalized spacial score (nSPS) is 15.9. The SMILES string of the molecule is c1ccc(C2=NC(c3ccc(-c4ccc(C5=C(c6ccccc6)C(c6ccccc6)NC(c6ccccc6)=C5c5ccccc5)cc4)cc3)N=C(c3ccccc3-c3ccccc3)N2)cc1. The summed E-state index contributed by atoms with van der Waals surface area (Å²) in [6.07, 6.45) is -0.431. The van der Waals surface area contributed by atoms with Crippen molar-refractivity contribution < 1.29 is 0 Å². The maximum atomic E-state index is 5.27. The second-order valence-electron chi connectivity index (χ2n) is 16.6. The van der Waals surface area contributed by atoms with Crippen LogP contribution in [0.2, 0.25) is 0 Å². The lowest BCUT2D eigenvalue weighted by atomic mass is 9.77. The highest BCUT2D eigenvalue weighted by Crippen LogP contribution is 2.50. The molecule has 2 atom stereocenters. The molecule has 0 fully saturated rings. The van der Waals surface area contributed by atoms with Gasteiger partial charge in [0.2, 0.25) is 0 Å². The summed E-state index contributed by atoms with van der Waals surface area (Å²) in [5, 5.41) is 7.69. The zero-order chi connectivity index (χ0) is 44.1. The van der Waals surface area contributed by atoms with E-state index in [1.54, 1.807) is 0 Å². The number of amidine groups is 2. The van der Waals surface area contributed by atoms with Crippen molar-refractivity contribution in [3.05, 3.63) is 299 Å². The summed E-state index contributed by atoms with van der Waals surface area (Å²) in [5.74, 6) is 1.59. The topological polar surface area (TPSA) is 48.8 Å². The van der Waals surface area contributed by atoms with Gasteiger partial charge in [0, 0.05) is 16.7 Å². The number of nitrogens with zero attached hydrogens (tertiary/aromatic N) is 2. The molecule has 11 rings (SSSR count). The van der Waals surface area contributed by atoms with Crippen LogP contribution in [0.1, 0.15) is 56.7 Å². The van der Waals surface area contributed by atoms with Gasteiger partial charge >= 0.3 is 0 Å². The molecule has 0 spiro atoms. The van der Waals surface area contributed by atoms with Gasteiger partial charge in [0.1, 0.15) is 11.7 Å². The second-order valence-corrected chi connectivity index (χ2v) is 16.6. The molecule has 66 heavy (non-hydrogen) atoms. The van der Waals surface area contributed by atoms with Crippen molar-refractivity contribution in [1.82, 2.24) is 10.6 Å². The number of hydrogen-bond acceptors (Lipinski definition) is 4. The lowest BCUT2D eigenvalue weighted by Crippen LogP contribution is -2.36. The van der Waals surface area contributed by atoms with Crippen LogP contribution in [-0.4, -0.2) is 11.7 Å². The van der Waals surface area contributed by atoms with Gasteiger partial charge < -0.3 is 10.6 Å². The molecule has 0 saturated heterocycles. The zero-order valence-electron chi connectivity index (χ0n) is 36.3. The summed E-state index contributed by atoms with van der Waals surface area (Å²) in [4.78, 5) is 10.5. The molecule has 4 heteroatoms. The zero-order valence-corrected chi connectivity index (χ0v) is 36.3. The number of nitrogens with one attached hydrogen (secondary N) is 2. The Bertz CT molecular complexity index is 3230. The number of dihydropyridines is 1. The summed E-state index contributed by atoms with van der Waals surface area (Å²) in [6, 6.07) is 90.2. The van der Waals surface area contributed by atoms with Crippen LogP contribution >= 0.6 is 0 Å². The summed E-state index contributed by atoms with van der Waals surface area (Å²) in [6.45, 7) is 0. The Morgan fingerprint density at radius 1 is 0.288 bits per heavy atom. The van der Waals surface area contributed by atoms with Crippen molar-refractivity contribution in [2.75, 3.05) is 0 Å². The average molecular weight is 847 g/mol. The van der Waals surface area contributed by atoms with Crippen molar-refractivity contribution in [1.29, 1.82) is 0 Å². The van der Waals surface area contributed by atoms with Crippen LogP contribution in [0, 0.1) is 0 Å². The molecule has 0 amide bonds. The number of aliphatic imine (C=N–C) groups is 2. The van der Waals surface area contributed by atoms with E-state index >= 15 is 0 Å². The van der Waals surface area contributed by atoms with Crippen molar-refractivity contribution in [3.8, 4) is 22.3 Å². The van der Waals surface area contributed by atoms with Gasteiger partial charge in [-0.1, -0.05) is 255 Å². The van der Waals surface area contributed by atoms with Crippen LogP contribution < -0.4 is 10.6 Å². The molecule has 0 bridgehead atoms. The third-order valence-electron chi connectivity index (χ3n) is 12.5. The van der Waals surface area contributed by atoms with Crippen LogP contribution in [0.4, 0.5) is 0 Å². The molecule has 9 aromatic rings. The molecule has 314 valence electrons. The minimum Gasteiger partial charge on any atom is -0.373 e. The molecule has 2 N–H and O–H groups in total. The van der Waals surface area contributed by atoms with E-state index in [0.29, 0.717) is 0 Å². The van der Waals surface area contributed by atoms with Gasteiger partial charge in [0.15, 0.2) is 6.17 Å². The van der Waals surface area contributed by atoms with Crippen LogP contribution in [0.3, 0.4) is 0 Å². The van der Waals surface area contributed by atoms with Crippen LogP contribution in [-0.2, 0) is 0 Å². The first-order chi connectivity index (χ1) is 32.7. The molecule has 2 aliphatic heterocycles. The van der Waals surface area contributed by atoms with Crippen molar-refractivity contribution in [2.24, 2.45) is 9.98 Å². The fourth-order valence-electron chi connectivity index (χ4n) is 9.26. The van der Waals surface area contributed by atoms with Gasteiger partial charge in [-0.25, -0.2) is 9.98 Å². The van der Waals surface area contributed by atoms with E-state index in [4.69, 9.17) is 9.98 Å². The first-order valence-corrected chi connectivity index (χ1v) is 22.6. The predicted molar refractivity (Wildman–Crippen MR) is 274 cm³/mol. The van der Waals surface area contributed by atoms with E-state index < -0.39 is 6.17 Å². The minimum atomic E-state index is -0.431. The standard InChI is InChI=1S/C62H46N4/c1-7-21-45(22-8-1)53-33-19-20-34-54(53)62-65-60(51-31-17-6-18-32-51)64-61(66-62)52-41-37-44(38-42-52)43-35-39-48(40-36-43)55-56(46-23-9-2-10-24-46)58(49-27-13-4-14-28-49)63-59(50-29-15-5-16-30-50)57(55)47-25-11-3-12-26-47/h1-42,58,61,63H,(H,64,65,66). The van der Waals surface area contributed by atoms with Gasteiger partial charge in [0.05, 0.1) is 11.7 Å². The third-order valence-corrected chi connectivity index (χ3v) is 12.5. The van der Waals surface area contributed by atoms with Gasteiger partial charge in [-0.3, -0.25) is 0 Å².